The third-order valence-electron chi connectivity index (χ3n) is 5.58. The van der Waals surface area contributed by atoms with Crippen LogP contribution in [-0.2, 0) is 24.8 Å². The van der Waals surface area contributed by atoms with E-state index in [-0.39, 0.29) is 17.2 Å². The second-order valence-corrected chi connectivity index (χ2v) is 11.8. The van der Waals surface area contributed by atoms with E-state index < -0.39 is 32.1 Å². The molecule has 35 heavy (non-hydrogen) atoms. The minimum atomic E-state index is -3.84. The molecule has 2 N–H and O–H groups in total. The molecule has 1 amide bonds. The second-order valence-electron chi connectivity index (χ2n) is 8.25. The van der Waals surface area contributed by atoms with Gasteiger partial charge in [0.25, 0.3) is 15.9 Å². The van der Waals surface area contributed by atoms with Crippen LogP contribution in [0.25, 0.3) is 0 Å². The van der Waals surface area contributed by atoms with Gasteiger partial charge in [-0.2, -0.15) is 0 Å². The maximum atomic E-state index is 12.9. The smallest absolute Gasteiger partial charge is 0.267 e. The third kappa shape index (κ3) is 5.25. The summed E-state index contributed by atoms with van der Waals surface area (Å²) >= 11 is 0. The van der Waals surface area contributed by atoms with Crippen LogP contribution in [-0.4, -0.2) is 41.6 Å². The number of para-hydroxylation sites is 3. The molecular formula is C24H25N3O6S2. The molecule has 1 atom stereocenters. The van der Waals surface area contributed by atoms with Crippen molar-refractivity contribution >= 4 is 43.0 Å². The van der Waals surface area contributed by atoms with Crippen LogP contribution in [0, 0.1) is 13.8 Å². The summed E-state index contributed by atoms with van der Waals surface area (Å²) in [5, 5.41) is 2.66. The molecule has 3 aromatic rings. The van der Waals surface area contributed by atoms with E-state index in [9.17, 15) is 21.6 Å². The van der Waals surface area contributed by atoms with Crippen LogP contribution in [0.15, 0.2) is 71.6 Å². The summed E-state index contributed by atoms with van der Waals surface area (Å²) in [4.78, 5) is 12.9. The van der Waals surface area contributed by atoms with E-state index in [1.165, 1.54) is 24.3 Å². The molecule has 0 radical (unpaired) electrons. The standard InChI is InChI=1S/C24H25N3O6S2/c1-16-7-6-8-17(2)23(16)26-35(31,32)19-13-11-18(12-14-19)25-24(28)22-15-27(34(3,29)30)20-9-4-5-10-21(20)33-22/h4-14,22,26H,15H2,1-3H3,(H,25,28). The molecule has 0 saturated heterocycles. The Bertz CT molecular complexity index is 1470. The molecule has 0 aromatic heterocycles. The number of hydrogen-bond donors (Lipinski definition) is 2. The van der Waals surface area contributed by atoms with Gasteiger partial charge >= 0.3 is 0 Å². The van der Waals surface area contributed by atoms with Crippen LogP contribution < -0.4 is 19.1 Å². The zero-order valence-corrected chi connectivity index (χ0v) is 21.0. The molecule has 184 valence electrons. The van der Waals surface area contributed by atoms with Gasteiger partial charge in [0.05, 0.1) is 29.1 Å². The number of rotatable bonds is 6. The van der Waals surface area contributed by atoms with Crippen molar-refractivity contribution in [2.45, 2.75) is 24.8 Å². The van der Waals surface area contributed by atoms with E-state index in [4.69, 9.17) is 4.74 Å². The van der Waals surface area contributed by atoms with E-state index in [2.05, 4.69) is 10.0 Å². The summed E-state index contributed by atoms with van der Waals surface area (Å²) in [5.74, 6) is -0.277. The van der Waals surface area contributed by atoms with Crippen molar-refractivity contribution in [3.05, 3.63) is 77.9 Å². The molecule has 1 heterocycles. The van der Waals surface area contributed by atoms with Crippen molar-refractivity contribution < 1.29 is 26.4 Å². The van der Waals surface area contributed by atoms with Crippen molar-refractivity contribution in [2.24, 2.45) is 0 Å². The topological polar surface area (TPSA) is 122 Å². The molecule has 3 aromatic carbocycles. The first-order chi connectivity index (χ1) is 16.5. The summed E-state index contributed by atoms with van der Waals surface area (Å²) in [6, 6.07) is 17.7. The van der Waals surface area contributed by atoms with Crippen LogP contribution in [0.2, 0.25) is 0 Å². The van der Waals surface area contributed by atoms with Gasteiger partial charge in [-0.05, 0) is 61.4 Å². The Hall–Kier alpha value is -3.57. The Morgan fingerprint density at radius 2 is 1.54 bits per heavy atom. The lowest BCUT2D eigenvalue weighted by Gasteiger charge is -2.33. The number of nitrogens with zero attached hydrogens (tertiary/aromatic N) is 1. The number of sulfonamides is 2. The first kappa shape index (κ1) is 24.6. The Morgan fingerprint density at radius 3 is 2.17 bits per heavy atom. The monoisotopic (exact) mass is 515 g/mol. The fourth-order valence-corrected chi connectivity index (χ4v) is 5.88. The van der Waals surface area contributed by atoms with Gasteiger partial charge in [0.1, 0.15) is 5.75 Å². The predicted octanol–water partition coefficient (Wildman–Crippen LogP) is 3.27. The van der Waals surface area contributed by atoms with Gasteiger partial charge in [-0.1, -0.05) is 30.3 Å². The van der Waals surface area contributed by atoms with Crippen molar-refractivity contribution in [3.8, 4) is 5.75 Å². The van der Waals surface area contributed by atoms with Gasteiger partial charge in [0, 0.05) is 5.69 Å². The van der Waals surface area contributed by atoms with Crippen LogP contribution in [0.5, 0.6) is 5.75 Å². The number of amides is 1. The number of hydrogen-bond acceptors (Lipinski definition) is 6. The SMILES string of the molecule is Cc1cccc(C)c1NS(=O)(=O)c1ccc(NC(=O)C2CN(S(C)(=O)=O)c3ccccc3O2)cc1. The fraction of sp³-hybridized carbons (Fsp3) is 0.208. The first-order valence-corrected chi connectivity index (χ1v) is 14.0. The third-order valence-corrected chi connectivity index (χ3v) is 8.09. The predicted molar refractivity (Wildman–Crippen MR) is 135 cm³/mol. The molecule has 0 bridgehead atoms. The molecule has 0 spiro atoms. The Morgan fingerprint density at radius 1 is 0.914 bits per heavy atom. The van der Waals surface area contributed by atoms with Crippen molar-refractivity contribution in [3.63, 3.8) is 0 Å². The second kappa shape index (κ2) is 9.23. The number of anilines is 3. The zero-order chi connectivity index (χ0) is 25.4. The van der Waals surface area contributed by atoms with E-state index >= 15 is 0 Å². The molecule has 1 unspecified atom stereocenters. The summed E-state index contributed by atoms with van der Waals surface area (Å²) in [6.07, 6.45) is -0.0240. The van der Waals surface area contributed by atoms with E-state index in [1.807, 2.05) is 32.0 Å². The average Bonchev–Trinajstić information content (AvgIpc) is 2.80. The Kier molecular flexibility index (Phi) is 6.48. The highest BCUT2D eigenvalue weighted by atomic mass is 32.2. The lowest BCUT2D eigenvalue weighted by Crippen LogP contribution is -2.48. The number of aryl methyl sites for hydroxylation is 2. The Balaban J connectivity index is 1.49. The number of carbonyl (C=O) groups excluding carboxylic acids is 1. The molecule has 9 nitrogen and oxygen atoms in total. The Labute approximate surface area is 204 Å². The van der Waals surface area contributed by atoms with Gasteiger partial charge in [0.2, 0.25) is 10.0 Å². The van der Waals surface area contributed by atoms with Crippen LogP contribution in [0.4, 0.5) is 17.1 Å². The summed E-state index contributed by atoms with van der Waals surface area (Å²) < 4.78 is 59.7. The quantitative estimate of drug-likeness (QED) is 0.520. The van der Waals surface area contributed by atoms with Gasteiger partial charge in [-0.25, -0.2) is 16.8 Å². The molecule has 0 aliphatic carbocycles. The number of nitrogens with one attached hydrogen (secondary N) is 2. The summed E-state index contributed by atoms with van der Waals surface area (Å²) in [6.45, 7) is 3.45. The van der Waals surface area contributed by atoms with Gasteiger partial charge in [-0.15, -0.1) is 0 Å². The maximum absolute atomic E-state index is 12.9. The van der Waals surface area contributed by atoms with Crippen LogP contribution in [0.3, 0.4) is 0 Å². The zero-order valence-electron chi connectivity index (χ0n) is 19.3. The lowest BCUT2D eigenvalue weighted by molar-refractivity contribution is -0.122. The fourth-order valence-electron chi connectivity index (χ4n) is 3.76. The number of benzene rings is 3. The largest absolute Gasteiger partial charge is 0.476 e. The van der Waals surface area contributed by atoms with E-state index in [0.717, 1.165) is 21.7 Å². The molecule has 4 rings (SSSR count). The maximum Gasteiger partial charge on any atom is 0.267 e. The van der Waals surface area contributed by atoms with Crippen molar-refractivity contribution in [1.29, 1.82) is 0 Å². The van der Waals surface area contributed by atoms with Gasteiger partial charge in [0.15, 0.2) is 6.10 Å². The lowest BCUT2D eigenvalue weighted by atomic mass is 10.1. The van der Waals surface area contributed by atoms with E-state index in [1.54, 1.807) is 24.3 Å². The number of ether oxygens (including phenoxy) is 1. The molecule has 0 saturated carbocycles. The molecular weight excluding hydrogens is 490 g/mol. The van der Waals surface area contributed by atoms with E-state index in [0.29, 0.717) is 17.1 Å². The molecule has 1 aliphatic rings. The highest BCUT2D eigenvalue weighted by molar-refractivity contribution is 7.92. The summed E-state index contributed by atoms with van der Waals surface area (Å²) in [5.41, 5.74) is 2.83. The van der Waals surface area contributed by atoms with Gasteiger partial charge in [-0.3, -0.25) is 13.8 Å². The van der Waals surface area contributed by atoms with Crippen LogP contribution >= 0.6 is 0 Å². The van der Waals surface area contributed by atoms with Crippen molar-refractivity contribution in [2.75, 3.05) is 27.1 Å². The minimum absolute atomic E-state index is 0.0317. The average molecular weight is 516 g/mol. The molecule has 0 fully saturated rings. The molecule has 11 heteroatoms. The first-order valence-electron chi connectivity index (χ1n) is 10.7. The highest BCUT2D eigenvalue weighted by Crippen LogP contribution is 2.35. The molecule has 1 aliphatic heterocycles. The highest BCUT2D eigenvalue weighted by Gasteiger charge is 2.35. The number of carbonyl (C=O) groups is 1. The summed E-state index contributed by atoms with van der Waals surface area (Å²) in [7, 11) is -7.47. The minimum Gasteiger partial charge on any atom is -0.476 e. The van der Waals surface area contributed by atoms with Crippen molar-refractivity contribution in [1.82, 2.24) is 0 Å². The number of fused-ring (bicyclic) bond motifs is 1. The van der Waals surface area contributed by atoms with Crippen LogP contribution in [0.1, 0.15) is 11.1 Å². The van der Waals surface area contributed by atoms with Gasteiger partial charge < -0.3 is 10.1 Å². The normalized spacial score (nSPS) is 15.6.